The van der Waals surface area contributed by atoms with E-state index in [0.29, 0.717) is 49.0 Å². The number of hydrogen-bond donors (Lipinski definition) is 0. The van der Waals surface area contributed by atoms with Crippen LogP contribution in [0.4, 0.5) is 0 Å². The maximum atomic E-state index is 13.8. The topological polar surface area (TPSA) is 123 Å². The summed E-state index contributed by atoms with van der Waals surface area (Å²) < 4.78 is 18.5. The van der Waals surface area contributed by atoms with E-state index in [1.54, 1.807) is 64.3 Å². The van der Waals surface area contributed by atoms with Crippen molar-refractivity contribution >= 4 is 29.4 Å². The molecule has 1 aliphatic rings. The minimum Gasteiger partial charge on any atom is -0.545 e. The maximum Gasteiger partial charge on any atom is 0.338 e. The number of furan rings is 1. The number of allylic oxidation sites excluding steroid dienone is 1. The zero-order valence-corrected chi connectivity index (χ0v) is 23.0. The van der Waals surface area contributed by atoms with Crippen LogP contribution < -0.4 is 24.7 Å². The molecule has 2 aromatic heterocycles. The molecule has 0 saturated carbocycles. The molecule has 0 aliphatic carbocycles. The van der Waals surface area contributed by atoms with Crippen LogP contribution in [0.5, 0.6) is 5.75 Å². The normalized spacial score (nSPS) is 15.0. The number of carboxylic acids is 1. The summed E-state index contributed by atoms with van der Waals surface area (Å²) in [5.74, 6) is -0.175. The van der Waals surface area contributed by atoms with Gasteiger partial charge in [-0.25, -0.2) is 9.79 Å². The van der Waals surface area contributed by atoms with Crippen molar-refractivity contribution in [2.45, 2.75) is 26.8 Å². The van der Waals surface area contributed by atoms with Gasteiger partial charge in [0.15, 0.2) is 4.80 Å². The van der Waals surface area contributed by atoms with Gasteiger partial charge in [0.2, 0.25) is 0 Å². The van der Waals surface area contributed by atoms with Gasteiger partial charge in [-0.05, 0) is 67.8 Å². The van der Waals surface area contributed by atoms with E-state index in [0.717, 1.165) is 5.56 Å². The number of rotatable bonds is 7. The fourth-order valence-electron chi connectivity index (χ4n) is 4.66. The SMILES string of the molecule is CCOC(=O)C1=C(C)N=c2s/c(=C\c3ccc(-c4ccc(C(=O)[O-])cc4C)o3)c(=O)n2[C@H]1c1ccc(OC)cc1. The first-order valence-electron chi connectivity index (χ1n) is 12.5. The molecule has 1 aliphatic heterocycles. The standard InChI is InChI=1S/C30H26N2O7S/c1-5-38-29(36)25-17(3)31-30-32(26(25)18-6-9-20(37-4)10-7-18)27(33)24(40-30)15-21-11-13-23(39-21)22-12-8-19(28(34)35)14-16(22)2/h6-15,26H,5H2,1-4H3,(H,34,35)/p-1/b24-15-/t26-/m0/s1. The molecule has 4 aromatic rings. The number of aryl methyl sites for hydroxylation is 1. The first kappa shape index (κ1) is 26.9. The van der Waals surface area contributed by atoms with Crippen molar-refractivity contribution in [1.82, 2.24) is 4.57 Å². The Hall–Kier alpha value is -4.70. The zero-order chi connectivity index (χ0) is 28.6. The van der Waals surface area contributed by atoms with Gasteiger partial charge in [-0.1, -0.05) is 35.6 Å². The minimum atomic E-state index is -1.25. The maximum absolute atomic E-state index is 13.8. The lowest BCUT2D eigenvalue weighted by Crippen LogP contribution is -2.39. The molecule has 10 heteroatoms. The summed E-state index contributed by atoms with van der Waals surface area (Å²) in [5, 5.41) is 11.2. The molecule has 40 heavy (non-hydrogen) atoms. The highest BCUT2D eigenvalue weighted by Gasteiger charge is 2.33. The van der Waals surface area contributed by atoms with Crippen LogP contribution in [-0.2, 0) is 9.53 Å². The van der Waals surface area contributed by atoms with E-state index in [2.05, 4.69) is 4.99 Å². The summed E-state index contributed by atoms with van der Waals surface area (Å²) in [7, 11) is 1.57. The highest BCUT2D eigenvalue weighted by Crippen LogP contribution is 2.32. The smallest absolute Gasteiger partial charge is 0.338 e. The lowest BCUT2D eigenvalue weighted by atomic mass is 9.96. The van der Waals surface area contributed by atoms with Crippen LogP contribution in [-0.4, -0.2) is 30.2 Å². The van der Waals surface area contributed by atoms with Crippen LogP contribution in [0.25, 0.3) is 17.4 Å². The van der Waals surface area contributed by atoms with E-state index >= 15 is 0 Å². The molecule has 2 aromatic carbocycles. The van der Waals surface area contributed by atoms with Gasteiger partial charge in [-0.15, -0.1) is 0 Å². The lowest BCUT2D eigenvalue weighted by Gasteiger charge is -2.24. The Balaban J connectivity index is 1.60. The van der Waals surface area contributed by atoms with Crippen LogP contribution in [0, 0.1) is 6.92 Å². The highest BCUT2D eigenvalue weighted by molar-refractivity contribution is 7.07. The summed E-state index contributed by atoms with van der Waals surface area (Å²) >= 11 is 1.19. The number of nitrogens with zero attached hydrogens (tertiary/aromatic N) is 2. The third kappa shape index (κ3) is 4.89. The molecular weight excluding hydrogens is 532 g/mol. The minimum absolute atomic E-state index is 0.0815. The molecule has 0 bridgehead atoms. The third-order valence-electron chi connectivity index (χ3n) is 6.58. The van der Waals surface area contributed by atoms with Crippen molar-refractivity contribution in [2.75, 3.05) is 13.7 Å². The monoisotopic (exact) mass is 557 g/mol. The molecule has 9 nitrogen and oxygen atoms in total. The van der Waals surface area contributed by atoms with E-state index in [1.165, 1.54) is 28.0 Å². The molecule has 5 rings (SSSR count). The number of aromatic nitrogens is 1. The molecule has 1 atom stereocenters. The van der Waals surface area contributed by atoms with Crippen molar-refractivity contribution in [3.05, 3.63) is 108 Å². The van der Waals surface area contributed by atoms with E-state index < -0.39 is 18.0 Å². The van der Waals surface area contributed by atoms with Crippen LogP contribution in [0.3, 0.4) is 0 Å². The third-order valence-corrected chi connectivity index (χ3v) is 7.56. The molecule has 0 unspecified atom stereocenters. The quantitative estimate of drug-likeness (QED) is 0.320. The van der Waals surface area contributed by atoms with Crippen LogP contribution in [0.1, 0.15) is 47.1 Å². The van der Waals surface area contributed by atoms with Gasteiger partial charge in [0, 0.05) is 11.6 Å². The number of esters is 1. The summed E-state index contributed by atoms with van der Waals surface area (Å²) in [6.45, 7) is 5.42. The molecule has 0 N–H and O–H groups in total. The predicted octanol–water partition coefficient (Wildman–Crippen LogP) is 2.74. The number of carbonyl (C=O) groups excluding carboxylic acids is 2. The molecule has 3 heterocycles. The van der Waals surface area contributed by atoms with Crippen molar-refractivity contribution in [3.63, 3.8) is 0 Å². The Morgan fingerprint density at radius 1 is 1.12 bits per heavy atom. The number of aromatic carboxylic acids is 1. The first-order chi connectivity index (χ1) is 19.2. The molecule has 0 spiro atoms. The fourth-order valence-corrected chi connectivity index (χ4v) is 5.69. The summed E-state index contributed by atoms with van der Waals surface area (Å²) in [6, 6.07) is 14.6. The molecular formula is C30H25N2O7S-. The average Bonchev–Trinajstić information content (AvgIpc) is 3.52. The van der Waals surface area contributed by atoms with Crippen molar-refractivity contribution in [3.8, 4) is 17.1 Å². The van der Waals surface area contributed by atoms with E-state index in [9.17, 15) is 19.5 Å². The molecule has 0 radical (unpaired) electrons. The second-order valence-corrected chi connectivity index (χ2v) is 10.1. The van der Waals surface area contributed by atoms with Gasteiger partial charge < -0.3 is 23.8 Å². The first-order valence-corrected chi connectivity index (χ1v) is 13.3. The number of thiazole rings is 1. The Kier molecular flexibility index (Phi) is 7.27. The Morgan fingerprint density at radius 2 is 1.88 bits per heavy atom. The number of methoxy groups -OCH3 is 1. The number of benzene rings is 2. The summed E-state index contributed by atoms with van der Waals surface area (Å²) in [4.78, 5) is 43.0. The van der Waals surface area contributed by atoms with Gasteiger partial charge >= 0.3 is 5.97 Å². The molecule has 0 fully saturated rings. The van der Waals surface area contributed by atoms with Crippen LogP contribution in [0.2, 0.25) is 0 Å². The van der Waals surface area contributed by atoms with E-state index in [-0.39, 0.29) is 17.7 Å². The average molecular weight is 558 g/mol. The summed E-state index contributed by atoms with van der Waals surface area (Å²) in [6.07, 6.45) is 1.63. The van der Waals surface area contributed by atoms with Gasteiger partial charge in [0.25, 0.3) is 5.56 Å². The van der Waals surface area contributed by atoms with Crippen molar-refractivity contribution in [2.24, 2.45) is 4.99 Å². The second-order valence-electron chi connectivity index (χ2n) is 9.09. The fraction of sp³-hybridized carbons (Fsp3) is 0.200. The number of carboxylic acid groups (broad SMARTS) is 1. The summed E-state index contributed by atoms with van der Waals surface area (Å²) in [5.41, 5.74) is 2.67. The molecule has 0 saturated heterocycles. The number of ether oxygens (including phenoxy) is 2. The van der Waals surface area contributed by atoms with Gasteiger partial charge in [-0.3, -0.25) is 9.36 Å². The van der Waals surface area contributed by atoms with Crippen LogP contribution >= 0.6 is 11.3 Å². The van der Waals surface area contributed by atoms with Crippen LogP contribution in [0.15, 0.2) is 80.1 Å². The van der Waals surface area contributed by atoms with Gasteiger partial charge in [0.05, 0.1) is 41.5 Å². The van der Waals surface area contributed by atoms with Gasteiger partial charge in [-0.2, -0.15) is 0 Å². The lowest BCUT2D eigenvalue weighted by molar-refractivity contribution is -0.255. The predicted molar refractivity (Wildman–Crippen MR) is 147 cm³/mol. The largest absolute Gasteiger partial charge is 0.545 e. The second kappa shape index (κ2) is 10.8. The Bertz CT molecular complexity index is 1840. The Labute approximate surface area is 232 Å². The molecule has 0 amide bonds. The Morgan fingerprint density at radius 3 is 2.52 bits per heavy atom. The molecule has 204 valence electrons. The van der Waals surface area contributed by atoms with Gasteiger partial charge in [0.1, 0.15) is 17.3 Å². The number of carbonyl (C=O) groups is 2. The van der Waals surface area contributed by atoms with Crippen molar-refractivity contribution in [1.29, 1.82) is 0 Å². The van der Waals surface area contributed by atoms with E-state index in [4.69, 9.17) is 13.9 Å². The number of fused-ring (bicyclic) bond motifs is 1. The highest BCUT2D eigenvalue weighted by atomic mass is 32.1. The number of hydrogen-bond acceptors (Lipinski definition) is 9. The van der Waals surface area contributed by atoms with Crippen molar-refractivity contribution < 1.29 is 28.6 Å². The zero-order valence-electron chi connectivity index (χ0n) is 22.2. The van der Waals surface area contributed by atoms with E-state index in [1.807, 2.05) is 12.1 Å².